The van der Waals surface area contributed by atoms with Gasteiger partial charge in [-0.25, -0.2) is 4.39 Å². The summed E-state index contributed by atoms with van der Waals surface area (Å²) in [5.41, 5.74) is 0. The number of thiol groups is 1. The monoisotopic (exact) mass is 369 g/mol. The van der Waals surface area contributed by atoms with Crippen LogP contribution < -0.4 is 5.32 Å². The molecule has 0 saturated heterocycles. The molecule has 23 heavy (non-hydrogen) atoms. The zero-order valence-corrected chi connectivity index (χ0v) is 17.0. The van der Waals surface area contributed by atoms with E-state index in [4.69, 9.17) is 9.53 Å². The summed E-state index contributed by atoms with van der Waals surface area (Å²) < 4.78 is 18.2. The summed E-state index contributed by atoms with van der Waals surface area (Å²) in [5.74, 6) is -0.207. The molecule has 1 amide bonds. The average molecular weight is 370 g/mol. The minimum Gasteiger partial charge on any atom is -0.481 e. The lowest BCUT2D eigenvalue weighted by Gasteiger charge is -2.38. The average Bonchev–Trinajstić information content (AvgIpc) is 2.42. The van der Waals surface area contributed by atoms with Crippen molar-refractivity contribution >= 4 is 32.8 Å². The topological polar surface area (TPSA) is 75.6 Å². The molecule has 5 nitrogen and oxygen atoms in total. The molecule has 0 aliphatic carbocycles. The van der Waals surface area contributed by atoms with Crippen LogP contribution in [0.15, 0.2) is 0 Å². The third-order valence-electron chi connectivity index (χ3n) is 3.60. The van der Waals surface area contributed by atoms with Crippen LogP contribution in [0.1, 0.15) is 40.5 Å². The lowest BCUT2D eigenvalue weighted by Crippen LogP contribution is -2.45. The van der Waals surface area contributed by atoms with Crippen LogP contribution >= 0.6 is 12.6 Å². The van der Waals surface area contributed by atoms with Gasteiger partial charge in [-0.1, -0.05) is 27.7 Å². The fraction of sp³-hybridized carbons (Fsp3) is 0.867. The van der Waals surface area contributed by atoms with Gasteiger partial charge < -0.3 is 14.8 Å². The molecule has 1 atom stereocenters. The zero-order chi connectivity index (χ0) is 18.7. The van der Waals surface area contributed by atoms with Gasteiger partial charge in [0, 0.05) is 18.7 Å². The van der Waals surface area contributed by atoms with Crippen molar-refractivity contribution in [2.24, 2.45) is 0 Å². The van der Waals surface area contributed by atoms with E-state index in [-0.39, 0.29) is 17.4 Å². The second-order valence-corrected chi connectivity index (χ2v) is 11.9. The van der Waals surface area contributed by atoms with E-state index >= 15 is 0 Å². The Morgan fingerprint density at radius 1 is 1.35 bits per heavy atom. The van der Waals surface area contributed by atoms with Crippen molar-refractivity contribution in [2.45, 2.75) is 64.8 Å². The van der Waals surface area contributed by atoms with Crippen LogP contribution in [-0.4, -0.2) is 50.4 Å². The van der Waals surface area contributed by atoms with Gasteiger partial charge in [-0.15, -0.1) is 0 Å². The molecule has 0 aromatic rings. The summed E-state index contributed by atoms with van der Waals surface area (Å²) in [4.78, 5) is 20.9. The molecule has 0 rings (SSSR count). The molecule has 0 aliphatic rings. The highest BCUT2D eigenvalue weighted by atomic mass is 32.1. The SMILES string of the molecule is CC(C)(C)[Si](C)(C)O[C@H](CF)CC(=O)O.CCC(=O)NCCS. The zero-order valence-electron chi connectivity index (χ0n) is 15.1. The third kappa shape index (κ3) is 12.5. The van der Waals surface area contributed by atoms with Crippen molar-refractivity contribution in [1.82, 2.24) is 5.32 Å². The Morgan fingerprint density at radius 2 is 1.87 bits per heavy atom. The third-order valence-corrected chi connectivity index (χ3v) is 8.36. The van der Waals surface area contributed by atoms with Crippen LogP contribution in [0.3, 0.4) is 0 Å². The normalized spacial score (nSPS) is 12.9. The highest BCUT2D eigenvalue weighted by Gasteiger charge is 2.39. The molecule has 0 heterocycles. The smallest absolute Gasteiger partial charge is 0.306 e. The van der Waals surface area contributed by atoms with Crippen molar-refractivity contribution in [3.63, 3.8) is 0 Å². The van der Waals surface area contributed by atoms with Gasteiger partial charge in [0.25, 0.3) is 0 Å². The number of hydrogen-bond acceptors (Lipinski definition) is 4. The molecule has 0 fully saturated rings. The lowest BCUT2D eigenvalue weighted by molar-refractivity contribution is -0.139. The first kappa shape index (κ1) is 24.6. The van der Waals surface area contributed by atoms with Crippen molar-refractivity contribution in [1.29, 1.82) is 0 Å². The fourth-order valence-electron chi connectivity index (χ4n) is 1.24. The first-order chi connectivity index (χ1) is 10.4. The first-order valence-electron chi connectivity index (χ1n) is 7.74. The van der Waals surface area contributed by atoms with Gasteiger partial charge in [0.2, 0.25) is 5.91 Å². The van der Waals surface area contributed by atoms with Gasteiger partial charge in [0.05, 0.1) is 12.5 Å². The molecular formula is C15H32FNO4SSi. The molecule has 0 spiro atoms. The number of carbonyl (C=O) groups excluding carboxylic acids is 1. The minimum absolute atomic E-state index is 0.0288. The van der Waals surface area contributed by atoms with Gasteiger partial charge in [0.15, 0.2) is 8.32 Å². The fourth-order valence-corrected chi connectivity index (χ4v) is 2.68. The van der Waals surface area contributed by atoms with Crippen molar-refractivity contribution in [3.8, 4) is 0 Å². The first-order valence-corrected chi connectivity index (χ1v) is 11.3. The number of carbonyl (C=O) groups is 2. The van der Waals surface area contributed by atoms with Gasteiger partial charge in [-0.05, 0) is 18.1 Å². The van der Waals surface area contributed by atoms with E-state index in [0.717, 1.165) is 0 Å². The van der Waals surface area contributed by atoms with Crippen LogP contribution in [0.4, 0.5) is 4.39 Å². The van der Waals surface area contributed by atoms with Crippen LogP contribution in [0.25, 0.3) is 0 Å². The van der Waals surface area contributed by atoms with E-state index in [1.807, 2.05) is 40.8 Å². The minimum atomic E-state index is -2.06. The Balaban J connectivity index is 0. The molecule has 0 aliphatic heterocycles. The molecule has 0 unspecified atom stereocenters. The van der Waals surface area contributed by atoms with E-state index in [2.05, 4.69) is 17.9 Å². The number of halogens is 1. The predicted molar refractivity (Wildman–Crippen MR) is 97.5 cm³/mol. The lowest BCUT2D eigenvalue weighted by atomic mass is 10.2. The molecule has 0 radical (unpaired) electrons. The highest BCUT2D eigenvalue weighted by Crippen LogP contribution is 2.37. The number of amides is 1. The molecule has 0 aromatic carbocycles. The number of carboxylic acids is 1. The van der Waals surface area contributed by atoms with E-state index in [0.29, 0.717) is 18.7 Å². The summed E-state index contributed by atoms with van der Waals surface area (Å²) in [7, 11) is -2.06. The molecular weight excluding hydrogens is 337 g/mol. The van der Waals surface area contributed by atoms with E-state index in [1.54, 1.807) is 0 Å². The van der Waals surface area contributed by atoms with Crippen molar-refractivity contribution in [2.75, 3.05) is 19.0 Å². The number of alkyl halides is 1. The predicted octanol–water partition coefficient (Wildman–Crippen LogP) is 3.26. The summed E-state index contributed by atoms with van der Waals surface area (Å²) in [6.45, 7) is 11.8. The molecule has 2 N–H and O–H groups in total. The number of nitrogens with one attached hydrogen (secondary N) is 1. The standard InChI is InChI=1S/C10H21FO3Si.C5H11NOS/c1-10(2,3)15(4,5)14-8(7-11)6-9(12)13;1-2-5(7)6-3-4-8/h8H,6-7H2,1-5H3,(H,12,13);8H,2-4H2,1H3,(H,6,7)/t8-;/m0./s1. The summed E-state index contributed by atoms with van der Waals surface area (Å²) in [6, 6.07) is 0. The van der Waals surface area contributed by atoms with Crippen molar-refractivity contribution in [3.05, 3.63) is 0 Å². The Kier molecular flexibility index (Phi) is 12.7. The Bertz CT molecular complexity index is 362. The quantitative estimate of drug-likeness (QED) is 0.453. The summed E-state index contributed by atoms with van der Waals surface area (Å²) in [5, 5.41) is 11.2. The van der Waals surface area contributed by atoms with Gasteiger partial charge in [-0.3, -0.25) is 9.59 Å². The van der Waals surface area contributed by atoms with Gasteiger partial charge in [-0.2, -0.15) is 12.6 Å². The Labute approximate surface area is 145 Å². The molecule has 0 saturated carbocycles. The molecule has 8 heteroatoms. The second kappa shape index (κ2) is 11.9. The maximum absolute atomic E-state index is 12.6. The Morgan fingerprint density at radius 3 is 2.17 bits per heavy atom. The van der Waals surface area contributed by atoms with E-state index in [9.17, 15) is 14.0 Å². The van der Waals surface area contributed by atoms with Gasteiger partial charge in [0.1, 0.15) is 6.67 Å². The van der Waals surface area contributed by atoms with Crippen LogP contribution in [0.2, 0.25) is 18.1 Å². The van der Waals surface area contributed by atoms with E-state index < -0.39 is 27.1 Å². The molecule has 0 aromatic heterocycles. The maximum atomic E-state index is 12.6. The largest absolute Gasteiger partial charge is 0.481 e. The summed E-state index contributed by atoms with van der Waals surface area (Å²) in [6.07, 6.45) is -0.500. The molecule has 138 valence electrons. The van der Waals surface area contributed by atoms with Crippen LogP contribution in [-0.2, 0) is 14.0 Å². The number of carboxylic acid groups (broad SMARTS) is 1. The maximum Gasteiger partial charge on any atom is 0.306 e. The summed E-state index contributed by atoms with van der Waals surface area (Å²) >= 11 is 3.92. The van der Waals surface area contributed by atoms with Crippen LogP contribution in [0.5, 0.6) is 0 Å². The van der Waals surface area contributed by atoms with E-state index in [1.165, 1.54) is 0 Å². The van der Waals surface area contributed by atoms with Crippen molar-refractivity contribution < 1.29 is 23.5 Å². The van der Waals surface area contributed by atoms with Crippen LogP contribution in [0, 0.1) is 0 Å². The Hall–Kier alpha value is -0.603. The number of hydrogen-bond donors (Lipinski definition) is 3. The number of rotatable bonds is 8. The number of aliphatic carboxylic acids is 1. The van der Waals surface area contributed by atoms with Gasteiger partial charge >= 0.3 is 5.97 Å². The second-order valence-electron chi connectivity index (χ2n) is 6.68. The highest BCUT2D eigenvalue weighted by molar-refractivity contribution is 7.80. The molecule has 0 bridgehead atoms.